The van der Waals surface area contributed by atoms with Crippen LogP contribution < -0.4 is 11.1 Å². The fourth-order valence-electron chi connectivity index (χ4n) is 1.78. The largest absolute Gasteiger partial charge is 0.350 e. The number of hydrogen-bond donors (Lipinski definition) is 2. The summed E-state index contributed by atoms with van der Waals surface area (Å²) in [7, 11) is 0. The first-order valence-corrected chi connectivity index (χ1v) is 9.40. The van der Waals surface area contributed by atoms with Gasteiger partial charge in [-0.2, -0.15) is 5.26 Å². The Bertz CT molecular complexity index is 618. The highest BCUT2D eigenvalue weighted by atomic mass is 127. The van der Waals surface area contributed by atoms with Crippen molar-refractivity contribution in [1.29, 1.82) is 5.26 Å². The van der Waals surface area contributed by atoms with Gasteiger partial charge in [-0.05, 0) is 26.2 Å². The number of halogens is 1. The van der Waals surface area contributed by atoms with E-state index in [1.165, 1.54) is 5.57 Å². The molecule has 0 aromatic rings. The number of rotatable bonds is 7. The number of nitriles is 1. The lowest BCUT2D eigenvalue weighted by atomic mass is 10.0. The monoisotopic (exact) mass is 410 g/mol. The zero-order valence-electron chi connectivity index (χ0n) is 12.7. The number of hydrogen-bond acceptors (Lipinski definition) is 2. The van der Waals surface area contributed by atoms with Gasteiger partial charge in [0.15, 0.2) is 6.54 Å². The molecule has 0 aromatic carbocycles. The van der Waals surface area contributed by atoms with Crippen molar-refractivity contribution >= 4 is 30.6 Å². The second-order valence-corrected chi connectivity index (χ2v) is 6.71. The Balaban J connectivity index is 2.93. The average Bonchev–Trinajstić information content (AvgIpc) is 2.55. The molecule has 1 heterocycles. The molecule has 5 heteroatoms. The van der Waals surface area contributed by atoms with Gasteiger partial charge in [0.2, 0.25) is 0 Å². The van der Waals surface area contributed by atoms with Gasteiger partial charge < -0.3 is 11.1 Å². The third-order valence-corrected chi connectivity index (χ3v) is 4.95. The van der Waals surface area contributed by atoms with Gasteiger partial charge in [0, 0.05) is 0 Å². The van der Waals surface area contributed by atoms with E-state index in [0.717, 1.165) is 11.1 Å². The minimum Gasteiger partial charge on any atom is -0.350 e. The van der Waals surface area contributed by atoms with Crippen LogP contribution in [0.25, 0.3) is 0 Å². The third kappa shape index (κ3) is 5.92. The highest BCUT2D eigenvalue weighted by Gasteiger charge is 2.13. The Hall–Kier alpha value is -1.78. The summed E-state index contributed by atoms with van der Waals surface area (Å²) < 4.78 is 4.44. The van der Waals surface area contributed by atoms with Crippen LogP contribution in [0.3, 0.4) is 0 Å². The van der Waals surface area contributed by atoms with Gasteiger partial charge in [-0.3, -0.25) is 4.79 Å². The summed E-state index contributed by atoms with van der Waals surface area (Å²) in [6.45, 7) is 5.93. The van der Waals surface area contributed by atoms with Gasteiger partial charge >= 0.3 is 0 Å². The standard InChI is InChI=1S/C17H20IN3O/c1-3-14(15-5-4-9-18-11-15)7-6-13(2)16(8-10-19)21-17(22)12-20/h3-7,9,11,16H,1,8,12,20H2,2H3,(H,21,22)/p+1. The zero-order valence-corrected chi connectivity index (χ0v) is 14.8. The molecule has 4 nitrogen and oxygen atoms in total. The zero-order chi connectivity index (χ0) is 16.4. The highest BCUT2D eigenvalue weighted by Crippen LogP contribution is 2.20. The van der Waals surface area contributed by atoms with E-state index < -0.39 is 0 Å². The van der Waals surface area contributed by atoms with Gasteiger partial charge in [-0.15, -0.1) is 0 Å². The molecule has 0 spiro atoms. The molecule has 0 aromatic heterocycles. The predicted octanol–water partition coefficient (Wildman–Crippen LogP) is 1.91. The second kappa shape index (κ2) is 10.0. The maximum absolute atomic E-state index is 11.5. The van der Waals surface area contributed by atoms with Crippen LogP contribution in [0.15, 0.2) is 57.8 Å². The molecule has 0 fully saturated rings. The molecular weight excluding hydrogens is 389 g/mol. The molecule has 116 valence electrons. The Labute approximate surface area is 141 Å². The molecule has 22 heavy (non-hydrogen) atoms. The normalized spacial score (nSPS) is 16.1. The van der Waals surface area contributed by atoms with E-state index in [1.54, 1.807) is 0 Å². The van der Waals surface area contributed by atoms with Crippen molar-refractivity contribution in [3.63, 3.8) is 0 Å². The van der Waals surface area contributed by atoms with Gasteiger partial charge in [0.1, 0.15) is 0 Å². The number of quaternary nitrogens is 1. The molecular formula is C17H21IN3O+. The molecule has 4 N–H and O–H groups in total. The van der Waals surface area contributed by atoms with Gasteiger partial charge in [0.05, 0.1) is 18.5 Å². The molecule has 1 aliphatic heterocycles. The van der Waals surface area contributed by atoms with E-state index >= 15 is 0 Å². The van der Waals surface area contributed by atoms with Gasteiger partial charge in [-0.25, -0.2) is 0 Å². The summed E-state index contributed by atoms with van der Waals surface area (Å²) in [6, 6.07) is 1.82. The summed E-state index contributed by atoms with van der Waals surface area (Å²) >= 11 is -0.0158. The van der Waals surface area contributed by atoms with Crippen molar-refractivity contribution in [2.45, 2.75) is 19.4 Å². The van der Waals surface area contributed by atoms with Crippen molar-refractivity contribution < 1.29 is 10.5 Å². The lowest BCUT2D eigenvalue weighted by molar-refractivity contribution is -0.355. The van der Waals surface area contributed by atoms with Crippen molar-refractivity contribution in [1.82, 2.24) is 5.32 Å². The van der Waals surface area contributed by atoms with E-state index in [0.29, 0.717) is 0 Å². The van der Waals surface area contributed by atoms with Crippen molar-refractivity contribution in [3.8, 4) is 6.07 Å². The van der Waals surface area contributed by atoms with E-state index in [-0.39, 0.29) is 45.6 Å². The van der Waals surface area contributed by atoms with Crippen LogP contribution in [0.2, 0.25) is 0 Å². The van der Waals surface area contributed by atoms with Gasteiger partial charge in [0.25, 0.3) is 5.91 Å². The molecule has 0 bridgehead atoms. The minimum absolute atomic E-state index is 0.0158. The lowest BCUT2D eigenvalue weighted by Crippen LogP contribution is -2.58. The SMILES string of the molecule is C=CC(=CC=C(C)C(CC#N)NC(=O)C[NH3+])C1=CI=CC=C1. The molecule has 1 atom stereocenters. The third-order valence-electron chi connectivity index (χ3n) is 3.09. The molecule has 1 amide bonds. The highest BCUT2D eigenvalue weighted by molar-refractivity contribution is 14.2. The summed E-state index contributed by atoms with van der Waals surface area (Å²) in [4.78, 5) is 11.5. The summed E-state index contributed by atoms with van der Waals surface area (Å²) in [5.74, 6) is -0.154. The van der Waals surface area contributed by atoms with E-state index in [1.807, 2.05) is 25.2 Å². The smallest absolute Gasteiger partial charge is 0.275 e. The van der Waals surface area contributed by atoms with E-state index in [2.05, 4.69) is 43.9 Å². The summed E-state index contributed by atoms with van der Waals surface area (Å²) in [5, 5.41) is 11.7. The number of nitrogens with one attached hydrogen (secondary N) is 1. The fraction of sp³-hybridized carbons (Fsp3) is 0.235. The summed E-state index contributed by atoms with van der Waals surface area (Å²) in [6.07, 6.45) is 10.1. The topological polar surface area (TPSA) is 80.5 Å². The van der Waals surface area contributed by atoms with Gasteiger partial charge in [-0.1, -0.05) is 63.3 Å². The minimum atomic E-state index is -0.279. The Morgan fingerprint density at radius 3 is 2.91 bits per heavy atom. The maximum Gasteiger partial charge on any atom is 0.275 e. The van der Waals surface area contributed by atoms with E-state index in [4.69, 9.17) is 5.26 Å². The first-order chi connectivity index (χ1) is 10.6. The predicted molar refractivity (Wildman–Crippen MR) is 99.3 cm³/mol. The molecule has 0 saturated carbocycles. The number of allylic oxidation sites excluding steroid dienone is 7. The first kappa shape index (κ1) is 18.3. The van der Waals surface area contributed by atoms with E-state index in [9.17, 15) is 4.79 Å². The Morgan fingerprint density at radius 2 is 2.36 bits per heavy atom. The molecule has 0 radical (unpaired) electrons. The van der Waals surface area contributed by atoms with Crippen molar-refractivity contribution in [3.05, 3.63) is 57.8 Å². The number of nitrogens with zero attached hydrogens (tertiary/aromatic N) is 1. The number of amides is 1. The average molecular weight is 410 g/mol. The number of carbonyl (C=O) groups excluding carboxylic acids is 1. The fourth-order valence-corrected chi connectivity index (χ4v) is 3.39. The van der Waals surface area contributed by atoms with Crippen LogP contribution in [0, 0.1) is 11.3 Å². The first-order valence-electron chi connectivity index (χ1n) is 6.91. The van der Waals surface area contributed by atoms with Crippen molar-refractivity contribution in [2.24, 2.45) is 0 Å². The Morgan fingerprint density at radius 1 is 1.59 bits per heavy atom. The second-order valence-electron chi connectivity index (χ2n) is 4.64. The Kier molecular flexibility index (Phi) is 8.33. The van der Waals surface area contributed by atoms with Crippen LogP contribution >= 0.6 is 20.7 Å². The van der Waals surface area contributed by atoms with Crippen LogP contribution in [0.1, 0.15) is 13.3 Å². The molecule has 1 aliphatic rings. The van der Waals surface area contributed by atoms with Crippen molar-refractivity contribution in [2.75, 3.05) is 6.54 Å². The summed E-state index contributed by atoms with van der Waals surface area (Å²) in [5.41, 5.74) is 6.70. The maximum atomic E-state index is 11.5. The van der Waals surface area contributed by atoms with Crippen LogP contribution in [-0.4, -0.2) is 22.5 Å². The molecule has 1 unspecified atom stereocenters. The quantitative estimate of drug-likeness (QED) is 0.497. The lowest BCUT2D eigenvalue weighted by Gasteiger charge is -2.15. The molecule has 1 rings (SSSR count). The van der Waals surface area contributed by atoms with Crippen LogP contribution in [0.4, 0.5) is 0 Å². The molecule has 0 aliphatic carbocycles. The molecule has 0 saturated heterocycles. The number of carbonyl (C=O) groups is 1. The van der Waals surface area contributed by atoms with Crippen LogP contribution in [-0.2, 0) is 4.79 Å². The van der Waals surface area contributed by atoms with Crippen LogP contribution in [0.5, 0.6) is 0 Å².